The number of rotatable bonds is 13. The van der Waals surface area contributed by atoms with Crippen LogP contribution in [0.1, 0.15) is 27.0 Å². The fourth-order valence-electron chi connectivity index (χ4n) is 5.72. The number of hydrogen-bond acceptors (Lipinski definition) is 7. The Bertz CT molecular complexity index is 1660. The first-order valence-electron chi connectivity index (χ1n) is 15.6. The fraction of sp³-hybridized carbons (Fsp3) is 0.256. The Morgan fingerprint density at radius 3 is 1.59 bits per heavy atom. The molecule has 1 fully saturated rings. The van der Waals surface area contributed by atoms with Gasteiger partial charge in [0.05, 0.1) is 32.0 Å². The van der Waals surface area contributed by atoms with Gasteiger partial charge >= 0.3 is 5.97 Å². The van der Waals surface area contributed by atoms with Crippen molar-refractivity contribution in [2.45, 2.75) is 50.3 Å². The molecule has 7 nitrogen and oxygen atoms in total. The van der Waals surface area contributed by atoms with Crippen LogP contribution < -0.4 is 0 Å². The molecule has 46 heavy (non-hydrogen) atoms. The first-order chi connectivity index (χ1) is 22.7. The SMILES string of the molecule is O=C(OC[C@@H]1O[C@H](CO)[C@@H](OCc2ccccc2)[C@H](OCc2ccccc2)[C@H]1OCc1ccccc1)c1ccc2ccccc2c1. The molecular formula is C39H38O7. The second-order valence-electron chi connectivity index (χ2n) is 11.3. The Balaban J connectivity index is 1.26. The lowest BCUT2D eigenvalue weighted by molar-refractivity contribution is -0.274. The molecule has 5 aromatic carbocycles. The van der Waals surface area contributed by atoms with Gasteiger partial charge in [-0.25, -0.2) is 4.79 Å². The number of aliphatic hydroxyl groups is 1. The second kappa shape index (κ2) is 15.8. The number of esters is 1. The van der Waals surface area contributed by atoms with Gasteiger partial charge in [-0.2, -0.15) is 0 Å². The summed E-state index contributed by atoms with van der Waals surface area (Å²) in [6.07, 6.45) is -3.48. The predicted molar refractivity (Wildman–Crippen MR) is 175 cm³/mol. The molecule has 0 spiro atoms. The van der Waals surface area contributed by atoms with E-state index >= 15 is 0 Å². The van der Waals surface area contributed by atoms with E-state index in [-0.39, 0.29) is 19.8 Å². The van der Waals surface area contributed by atoms with E-state index in [2.05, 4.69) is 0 Å². The van der Waals surface area contributed by atoms with Crippen LogP contribution in [0, 0.1) is 0 Å². The molecule has 1 aliphatic rings. The molecule has 1 heterocycles. The summed E-state index contributed by atoms with van der Waals surface area (Å²) in [4.78, 5) is 13.3. The van der Waals surface area contributed by atoms with Crippen molar-refractivity contribution in [3.8, 4) is 0 Å². The molecule has 6 rings (SSSR count). The molecule has 0 aromatic heterocycles. The van der Waals surface area contributed by atoms with Crippen LogP contribution in [0.5, 0.6) is 0 Å². The highest BCUT2D eigenvalue weighted by Gasteiger charge is 2.48. The van der Waals surface area contributed by atoms with E-state index in [1.165, 1.54) is 0 Å². The van der Waals surface area contributed by atoms with Gasteiger partial charge in [0.2, 0.25) is 0 Å². The third-order valence-corrected chi connectivity index (χ3v) is 8.13. The molecular weight excluding hydrogens is 580 g/mol. The Morgan fingerprint density at radius 1 is 0.565 bits per heavy atom. The zero-order chi connectivity index (χ0) is 31.6. The van der Waals surface area contributed by atoms with Crippen LogP contribution in [-0.4, -0.2) is 54.8 Å². The summed E-state index contributed by atoms with van der Waals surface area (Å²) in [7, 11) is 0. The maximum Gasteiger partial charge on any atom is 0.338 e. The normalized spacial score (nSPS) is 21.2. The molecule has 0 amide bonds. The van der Waals surface area contributed by atoms with Crippen molar-refractivity contribution in [2.24, 2.45) is 0 Å². The van der Waals surface area contributed by atoms with E-state index in [1.807, 2.05) is 127 Å². The standard InChI is InChI=1S/C39H38O7/c40-23-34-36(42-24-28-12-4-1-5-13-28)38(44-26-30-16-8-3-9-17-30)37(43-25-29-14-6-2-7-15-29)35(46-34)27-45-39(41)33-21-20-31-18-10-11-19-32(31)22-33/h1-22,34-38,40H,23-27H2/t34-,35+,36-,37+,38+/m1/s1. The van der Waals surface area contributed by atoms with Crippen molar-refractivity contribution < 1.29 is 33.6 Å². The number of carbonyl (C=O) groups excluding carboxylic acids is 1. The largest absolute Gasteiger partial charge is 0.459 e. The third kappa shape index (κ3) is 8.07. The zero-order valence-corrected chi connectivity index (χ0v) is 25.5. The molecule has 0 saturated carbocycles. The van der Waals surface area contributed by atoms with Crippen LogP contribution in [0.15, 0.2) is 133 Å². The van der Waals surface area contributed by atoms with Crippen LogP contribution in [0.2, 0.25) is 0 Å². The number of fused-ring (bicyclic) bond motifs is 1. The molecule has 5 aromatic rings. The number of ether oxygens (including phenoxy) is 5. The summed E-state index contributed by atoms with van der Waals surface area (Å²) in [5.41, 5.74) is 3.38. The molecule has 1 N–H and O–H groups in total. The lowest BCUT2D eigenvalue weighted by atomic mass is 9.94. The van der Waals surface area contributed by atoms with Crippen molar-refractivity contribution in [3.05, 3.63) is 156 Å². The predicted octanol–water partition coefficient (Wildman–Crippen LogP) is 6.51. The number of aliphatic hydroxyl groups excluding tert-OH is 1. The minimum atomic E-state index is -0.745. The molecule has 7 heteroatoms. The number of benzene rings is 5. The summed E-state index contributed by atoms with van der Waals surface area (Å²) in [5, 5.41) is 12.5. The van der Waals surface area contributed by atoms with E-state index in [4.69, 9.17) is 23.7 Å². The second-order valence-corrected chi connectivity index (χ2v) is 11.3. The number of hydrogen-bond donors (Lipinski definition) is 1. The van der Waals surface area contributed by atoms with Gasteiger partial charge < -0.3 is 28.8 Å². The summed E-state index contributed by atoms with van der Waals surface area (Å²) in [5.74, 6) is -0.471. The van der Waals surface area contributed by atoms with Crippen LogP contribution in [0.3, 0.4) is 0 Å². The highest BCUT2D eigenvalue weighted by atomic mass is 16.6. The Kier molecular flexibility index (Phi) is 10.8. The van der Waals surface area contributed by atoms with Crippen molar-refractivity contribution in [1.29, 1.82) is 0 Å². The van der Waals surface area contributed by atoms with Gasteiger partial charge in [-0.15, -0.1) is 0 Å². The zero-order valence-electron chi connectivity index (χ0n) is 25.5. The van der Waals surface area contributed by atoms with Crippen LogP contribution in [0.25, 0.3) is 10.8 Å². The minimum Gasteiger partial charge on any atom is -0.459 e. The van der Waals surface area contributed by atoms with Crippen molar-refractivity contribution >= 4 is 16.7 Å². The average Bonchev–Trinajstić information content (AvgIpc) is 3.12. The Hall–Kier alpha value is -4.37. The van der Waals surface area contributed by atoms with Gasteiger partial charge in [-0.05, 0) is 39.6 Å². The molecule has 0 bridgehead atoms. The summed E-state index contributed by atoms with van der Waals surface area (Å²) < 4.78 is 31.8. The summed E-state index contributed by atoms with van der Waals surface area (Å²) in [6.45, 7) is 0.459. The number of carbonyl (C=O) groups is 1. The van der Waals surface area contributed by atoms with Gasteiger partial charge in [0, 0.05) is 0 Å². The van der Waals surface area contributed by atoms with E-state index in [1.54, 1.807) is 6.07 Å². The molecule has 1 saturated heterocycles. The average molecular weight is 619 g/mol. The summed E-state index contributed by atoms with van der Waals surface area (Å²) in [6, 6.07) is 42.8. The van der Waals surface area contributed by atoms with E-state index in [0.717, 1.165) is 27.5 Å². The van der Waals surface area contributed by atoms with Gasteiger partial charge in [0.1, 0.15) is 37.1 Å². The third-order valence-electron chi connectivity index (χ3n) is 8.13. The van der Waals surface area contributed by atoms with Gasteiger partial charge in [-0.3, -0.25) is 0 Å². The fourth-order valence-corrected chi connectivity index (χ4v) is 5.72. The van der Waals surface area contributed by atoms with Crippen molar-refractivity contribution in [1.82, 2.24) is 0 Å². The monoisotopic (exact) mass is 618 g/mol. The molecule has 0 radical (unpaired) electrons. The van der Waals surface area contributed by atoms with Crippen LogP contribution in [-0.2, 0) is 43.5 Å². The Labute approximate surface area is 269 Å². The maximum absolute atomic E-state index is 13.3. The van der Waals surface area contributed by atoms with Crippen molar-refractivity contribution in [2.75, 3.05) is 13.2 Å². The quantitative estimate of drug-likeness (QED) is 0.151. The van der Waals surface area contributed by atoms with Crippen LogP contribution >= 0.6 is 0 Å². The first kappa shape index (κ1) is 31.6. The van der Waals surface area contributed by atoms with E-state index < -0.39 is 36.5 Å². The topological polar surface area (TPSA) is 83.5 Å². The van der Waals surface area contributed by atoms with Gasteiger partial charge in [0.25, 0.3) is 0 Å². The molecule has 0 aliphatic carbocycles. The minimum absolute atomic E-state index is 0.0990. The van der Waals surface area contributed by atoms with E-state index in [9.17, 15) is 9.90 Å². The van der Waals surface area contributed by atoms with Crippen LogP contribution in [0.4, 0.5) is 0 Å². The highest BCUT2D eigenvalue weighted by Crippen LogP contribution is 2.31. The lowest BCUT2D eigenvalue weighted by Gasteiger charge is -2.45. The first-order valence-corrected chi connectivity index (χ1v) is 15.6. The smallest absolute Gasteiger partial charge is 0.338 e. The van der Waals surface area contributed by atoms with Crippen molar-refractivity contribution in [3.63, 3.8) is 0 Å². The van der Waals surface area contributed by atoms with Gasteiger partial charge in [0.15, 0.2) is 0 Å². The molecule has 5 atom stereocenters. The molecule has 1 aliphatic heterocycles. The lowest BCUT2D eigenvalue weighted by Crippen LogP contribution is -2.62. The van der Waals surface area contributed by atoms with Gasteiger partial charge in [-0.1, -0.05) is 121 Å². The van der Waals surface area contributed by atoms with E-state index in [0.29, 0.717) is 18.8 Å². The Morgan fingerprint density at radius 2 is 1.04 bits per heavy atom. The summed E-state index contributed by atoms with van der Waals surface area (Å²) >= 11 is 0. The molecule has 236 valence electrons. The molecule has 0 unspecified atom stereocenters. The highest BCUT2D eigenvalue weighted by molar-refractivity contribution is 5.95. The maximum atomic E-state index is 13.3.